The van der Waals surface area contributed by atoms with E-state index in [0.717, 1.165) is 17.3 Å². The van der Waals surface area contributed by atoms with Gasteiger partial charge in [-0.1, -0.05) is 18.2 Å². The molecule has 0 aliphatic heterocycles. The Kier molecular flexibility index (Phi) is 5.16. The molecule has 3 heteroatoms. The molecule has 0 saturated carbocycles. The lowest BCUT2D eigenvalue weighted by Crippen LogP contribution is -2.01. The van der Waals surface area contributed by atoms with Crippen LogP contribution in [0.2, 0.25) is 0 Å². The highest BCUT2D eigenvalue weighted by Crippen LogP contribution is 2.22. The number of rotatable bonds is 6. The van der Waals surface area contributed by atoms with Crippen molar-refractivity contribution >= 4 is 11.8 Å². The van der Waals surface area contributed by atoms with Gasteiger partial charge in [-0.15, -0.1) is 11.8 Å². The Balaban J connectivity index is 1.76. The molecule has 0 N–H and O–H groups in total. The van der Waals surface area contributed by atoms with Crippen molar-refractivity contribution in [3.8, 4) is 11.5 Å². The summed E-state index contributed by atoms with van der Waals surface area (Å²) in [5.74, 6) is 2.79. The first kappa shape index (κ1) is 13.8. The molecule has 0 amide bonds. The maximum Gasteiger partial charge on any atom is 0.122 e. The summed E-state index contributed by atoms with van der Waals surface area (Å²) >= 11 is 1.78. The number of benzene rings is 2. The van der Waals surface area contributed by atoms with Crippen LogP contribution in [0.4, 0.5) is 0 Å². The van der Waals surface area contributed by atoms with Crippen LogP contribution < -0.4 is 9.47 Å². The number of aryl methyl sites for hydroxylation is 1. The highest BCUT2D eigenvalue weighted by Gasteiger charge is 1.99. The van der Waals surface area contributed by atoms with Crippen LogP contribution in [0.25, 0.3) is 0 Å². The average Bonchev–Trinajstić information content (AvgIpc) is 2.46. The maximum absolute atomic E-state index is 5.76. The van der Waals surface area contributed by atoms with Gasteiger partial charge in [-0.25, -0.2) is 0 Å². The highest BCUT2D eigenvalue weighted by molar-refractivity contribution is 7.99. The summed E-state index contributed by atoms with van der Waals surface area (Å²) in [5.41, 5.74) is 1.18. The Labute approximate surface area is 118 Å². The fraction of sp³-hybridized carbons (Fsp3) is 0.250. The summed E-state index contributed by atoms with van der Waals surface area (Å²) in [7, 11) is 1.68. The molecular formula is C16H18O2S. The monoisotopic (exact) mass is 274 g/mol. The zero-order valence-corrected chi connectivity index (χ0v) is 12.1. The molecule has 0 aromatic heterocycles. The van der Waals surface area contributed by atoms with Gasteiger partial charge in [0.1, 0.15) is 11.5 Å². The first-order chi connectivity index (χ1) is 9.29. The van der Waals surface area contributed by atoms with E-state index in [-0.39, 0.29) is 0 Å². The normalized spacial score (nSPS) is 10.2. The number of hydrogen-bond donors (Lipinski definition) is 0. The first-order valence-corrected chi connectivity index (χ1v) is 7.23. The molecule has 0 bridgehead atoms. The van der Waals surface area contributed by atoms with E-state index in [1.165, 1.54) is 10.5 Å². The van der Waals surface area contributed by atoms with E-state index in [2.05, 4.69) is 25.1 Å². The van der Waals surface area contributed by atoms with Crippen molar-refractivity contribution in [2.75, 3.05) is 19.5 Å². The summed E-state index contributed by atoms with van der Waals surface area (Å²) in [6, 6.07) is 16.2. The minimum Gasteiger partial charge on any atom is -0.497 e. The summed E-state index contributed by atoms with van der Waals surface area (Å²) < 4.78 is 10.9. The molecule has 0 radical (unpaired) electrons. The third-order valence-electron chi connectivity index (χ3n) is 2.76. The van der Waals surface area contributed by atoms with Crippen molar-refractivity contribution in [3.63, 3.8) is 0 Å². The molecule has 19 heavy (non-hydrogen) atoms. The molecule has 0 fully saturated rings. The summed E-state index contributed by atoms with van der Waals surface area (Å²) in [5, 5.41) is 0. The van der Waals surface area contributed by atoms with Crippen LogP contribution in [0.1, 0.15) is 5.56 Å². The zero-order chi connectivity index (χ0) is 13.5. The SMILES string of the molecule is COc1ccc(SCCOc2ccccc2C)cc1. The fourth-order valence-electron chi connectivity index (χ4n) is 1.70. The average molecular weight is 274 g/mol. The van der Waals surface area contributed by atoms with Crippen LogP contribution >= 0.6 is 11.8 Å². The summed E-state index contributed by atoms with van der Waals surface area (Å²) in [4.78, 5) is 1.23. The molecule has 0 atom stereocenters. The van der Waals surface area contributed by atoms with E-state index in [0.29, 0.717) is 6.61 Å². The van der Waals surface area contributed by atoms with Gasteiger partial charge in [-0.3, -0.25) is 0 Å². The Hall–Kier alpha value is -1.61. The smallest absolute Gasteiger partial charge is 0.122 e. The van der Waals surface area contributed by atoms with E-state index < -0.39 is 0 Å². The van der Waals surface area contributed by atoms with Gasteiger partial charge < -0.3 is 9.47 Å². The van der Waals surface area contributed by atoms with Gasteiger partial charge in [0, 0.05) is 10.6 Å². The first-order valence-electron chi connectivity index (χ1n) is 6.25. The molecule has 0 spiro atoms. The van der Waals surface area contributed by atoms with Crippen molar-refractivity contribution in [2.24, 2.45) is 0 Å². The lowest BCUT2D eigenvalue weighted by molar-refractivity contribution is 0.341. The lowest BCUT2D eigenvalue weighted by atomic mass is 10.2. The van der Waals surface area contributed by atoms with Crippen LogP contribution in [0.3, 0.4) is 0 Å². The number of hydrogen-bond acceptors (Lipinski definition) is 3. The summed E-state index contributed by atoms with van der Waals surface area (Å²) in [6.07, 6.45) is 0. The van der Waals surface area contributed by atoms with Crippen molar-refractivity contribution < 1.29 is 9.47 Å². The molecule has 0 unspecified atom stereocenters. The van der Waals surface area contributed by atoms with E-state index in [9.17, 15) is 0 Å². The minimum atomic E-state index is 0.710. The van der Waals surface area contributed by atoms with Crippen molar-refractivity contribution in [3.05, 3.63) is 54.1 Å². The number of ether oxygens (including phenoxy) is 2. The van der Waals surface area contributed by atoms with Crippen LogP contribution in [0, 0.1) is 6.92 Å². The molecular weight excluding hydrogens is 256 g/mol. The minimum absolute atomic E-state index is 0.710. The van der Waals surface area contributed by atoms with Crippen LogP contribution in [0.5, 0.6) is 11.5 Å². The Morgan fingerprint density at radius 3 is 2.42 bits per heavy atom. The van der Waals surface area contributed by atoms with E-state index in [1.54, 1.807) is 18.9 Å². The predicted octanol–water partition coefficient (Wildman–Crippen LogP) is 4.17. The Morgan fingerprint density at radius 1 is 1.00 bits per heavy atom. The third-order valence-corrected chi connectivity index (χ3v) is 3.74. The van der Waals surface area contributed by atoms with E-state index >= 15 is 0 Å². The van der Waals surface area contributed by atoms with Gasteiger partial charge in [-0.2, -0.15) is 0 Å². The second-order valence-corrected chi connectivity index (χ2v) is 5.31. The molecule has 2 nitrogen and oxygen atoms in total. The van der Waals surface area contributed by atoms with Gasteiger partial charge >= 0.3 is 0 Å². The molecule has 2 aromatic carbocycles. The molecule has 2 rings (SSSR count). The van der Waals surface area contributed by atoms with Gasteiger partial charge in [0.15, 0.2) is 0 Å². The Bertz CT molecular complexity index is 508. The molecule has 0 heterocycles. The predicted molar refractivity (Wildman–Crippen MR) is 80.4 cm³/mol. The lowest BCUT2D eigenvalue weighted by Gasteiger charge is -2.08. The molecule has 0 saturated heterocycles. The van der Waals surface area contributed by atoms with Crippen LogP contribution in [-0.2, 0) is 0 Å². The van der Waals surface area contributed by atoms with Crippen LogP contribution in [0.15, 0.2) is 53.4 Å². The third kappa shape index (κ3) is 4.21. The topological polar surface area (TPSA) is 18.5 Å². The quantitative estimate of drug-likeness (QED) is 0.581. The number of para-hydroxylation sites is 1. The molecule has 100 valence electrons. The second-order valence-electron chi connectivity index (χ2n) is 4.14. The van der Waals surface area contributed by atoms with Crippen molar-refractivity contribution in [1.82, 2.24) is 0 Å². The van der Waals surface area contributed by atoms with Gasteiger partial charge in [0.25, 0.3) is 0 Å². The van der Waals surface area contributed by atoms with E-state index in [1.807, 2.05) is 30.3 Å². The van der Waals surface area contributed by atoms with Gasteiger partial charge in [0.2, 0.25) is 0 Å². The van der Waals surface area contributed by atoms with Crippen molar-refractivity contribution in [1.29, 1.82) is 0 Å². The Morgan fingerprint density at radius 2 is 1.74 bits per heavy atom. The van der Waals surface area contributed by atoms with E-state index in [4.69, 9.17) is 9.47 Å². The number of thioether (sulfide) groups is 1. The number of methoxy groups -OCH3 is 1. The van der Waals surface area contributed by atoms with Crippen LogP contribution in [-0.4, -0.2) is 19.5 Å². The summed E-state index contributed by atoms with van der Waals surface area (Å²) in [6.45, 7) is 2.77. The van der Waals surface area contributed by atoms with Crippen molar-refractivity contribution in [2.45, 2.75) is 11.8 Å². The second kappa shape index (κ2) is 7.10. The molecule has 0 aliphatic rings. The van der Waals surface area contributed by atoms with Gasteiger partial charge in [0.05, 0.1) is 13.7 Å². The molecule has 2 aromatic rings. The standard InChI is InChI=1S/C16H18O2S/c1-13-5-3-4-6-16(13)18-11-12-19-15-9-7-14(17-2)8-10-15/h3-10H,11-12H2,1-2H3. The largest absolute Gasteiger partial charge is 0.497 e. The zero-order valence-electron chi connectivity index (χ0n) is 11.3. The van der Waals surface area contributed by atoms with Gasteiger partial charge in [-0.05, 0) is 42.8 Å². The molecule has 0 aliphatic carbocycles. The maximum atomic E-state index is 5.76. The fourth-order valence-corrected chi connectivity index (χ4v) is 2.43. The highest BCUT2D eigenvalue weighted by atomic mass is 32.2.